The average molecular weight is 188 g/mol. The third-order valence-corrected chi connectivity index (χ3v) is 2.04. The number of hydrogen-bond donors (Lipinski definition) is 1. The number of ether oxygens (including phenoxy) is 1. The predicted octanol–water partition coefficient (Wildman–Crippen LogP) is 0.527. The fourth-order valence-corrected chi connectivity index (χ4v) is 0.600. The van der Waals surface area contributed by atoms with Crippen molar-refractivity contribution < 1.29 is 19.4 Å². The molecular formula is C9H16O4. The van der Waals surface area contributed by atoms with Crippen molar-refractivity contribution >= 4 is 11.8 Å². The van der Waals surface area contributed by atoms with E-state index in [0.717, 1.165) is 0 Å². The summed E-state index contributed by atoms with van der Waals surface area (Å²) < 4.78 is 4.79. The molecule has 0 rings (SSSR count). The lowest BCUT2D eigenvalue weighted by Gasteiger charge is -2.23. The van der Waals surface area contributed by atoms with E-state index in [4.69, 9.17) is 9.84 Å². The van der Waals surface area contributed by atoms with Crippen molar-refractivity contribution in [3.8, 4) is 0 Å². The highest BCUT2D eigenvalue weighted by Crippen LogP contribution is 2.17. The van der Waals surface area contributed by atoms with Crippen molar-refractivity contribution in [2.75, 3.05) is 13.2 Å². The fourth-order valence-electron chi connectivity index (χ4n) is 0.600. The number of Topliss-reactive ketones (excluding diaryl/α,β-unsaturated/α-hetero) is 1. The maximum Gasteiger partial charge on any atom is 0.305 e. The molecule has 0 aliphatic heterocycles. The number of carbonyl (C=O) groups excluding carboxylic acids is 2. The Morgan fingerprint density at radius 2 is 2.00 bits per heavy atom. The summed E-state index contributed by atoms with van der Waals surface area (Å²) in [6.45, 7) is 4.26. The third kappa shape index (κ3) is 3.55. The third-order valence-electron chi connectivity index (χ3n) is 2.04. The monoisotopic (exact) mass is 188 g/mol. The topological polar surface area (TPSA) is 63.6 Å². The first-order valence-electron chi connectivity index (χ1n) is 4.24. The maximum atomic E-state index is 11.0. The van der Waals surface area contributed by atoms with Gasteiger partial charge in [-0.3, -0.25) is 9.59 Å². The maximum absolute atomic E-state index is 11.0. The number of ketones is 1. The van der Waals surface area contributed by atoms with Crippen molar-refractivity contribution in [3.05, 3.63) is 0 Å². The molecule has 0 radical (unpaired) electrons. The number of hydrogen-bond acceptors (Lipinski definition) is 4. The summed E-state index contributed by atoms with van der Waals surface area (Å²) in [6.07, 6.45) is 0.277. The Morgan fingerprint density at radius 3 is 2.31 bits per heavy atom. The highest BCUT2D eigenvalue weighted by Gasteiger charge is 2.30. The van der Waals surface area contributed by atoms with Gasteiger partial charge in [-0.25, -0.2) is 0 Å². The predicted molar refractivity (Wildman–Crippen MR) is 47.1 cm³/mol. The molecule has 13 heavy (non-hydrogen) atoms. The quantitative estimate of drug-likeness (QED) is 0.639. The second-order valence-corrected chi connectivity index (χ2v) is 3.29. The second-order valence-electron chi connectivity index (χ2n) is 3.29. The molecule has 4 heteroatoms. The van der Waals surface area contributed by atoms with Crippen LogP contribution in [0.25, 0.3) is 0 Å². The van der Waals surface area contributed by atoms with E-state index in [1.54, 1.807) is 13.8 Å². The number of carbonyl (C=O) groups is 2. The van der Waals surface area contributed by atoms with E-state index in [2.05, 4.69) is 0 Å². The molecule has 0 amide bonds. The molecule has 0 spiro atoms. The molecule has 0 aromatic rings. The van der Waals surface area contributed by atoms with Crippen molar-refractivity contribution in [2.45, 2.75) is 27.2 Å². The van der Waals surface area contributed by atoms with E-state index in [1.807, 2.05) is 0 Å². The highest BCUT2D eigenvalue weighted by atomic mass is 16.5. The first kappa shape index (κ1) is 12.1. The SMILES string of the molecule is CCC(=O)OC[C@@](C)(CO)C(C)=O. The highest BCUT2D eigenvalue weighted by molar-refractivity contribution is 5.82. The van der Waals surface area contributed by atoms with Crippen LogP contribution in [0.2, 0.25) is 0 Å². The van der Waals surface area contributed by atoms with Gasteiger partial charge in [0, 0.05) is 6.42 Å². The van der Waals surface area contributed by atoms with Crippen LogP contribution >= 0.6 is 0 Å². The summed E-state index contributed by atoms with van der Waals surface area (Å²) in [6, 6.07) is 0. The number of rotatable bonds is 5. The Labute approximate surface area is 77.9 Å². The van der Waals surface area contributed by atoms with Crippen LogP contribution in [0.4, 0.5) is 0 Å². The van der Waals surface area contributed by atoms with E-state index in [-0.39, 0.29) is 31.4 Å². The van der Waals surface area contributed by atoms with Crippen LogP contribution in [0.15, 0.2) is 0 Å². The van der Waals surface area contributed by atoms with Gasteiger partial charge in [0.25, 0.3) is 0 Å². The smallest absolute Gasteiger partial charge is 0.305 e. The Balaban J connectivity index is 4.13. The number of esters is 1. The Hall–Kier alpha value is -0.900. The molecule has 0 aromatic carbocycles. The standard InChI is InChI=1S/C9H16O4/c1-4-8(12)13-6-9(3,5-10)7(2)11/h10H,4-6H2,1-3H3/t9-/m1/s1. The fraction of sp³-hybridized carbons (Fsp3) is 0.778. The van der Waals surface area contributed by atoms with Crippen LogP contribution in [0.5, 0.6) is 0 Å². The zero-order chi connectivity index (χ0) is 10.5. The molecule has 0 fully saturated rings. The Bertz CT molecular complexity index is 200. The summed E-state index contributed by atoms with van der Waals surface area (Å²) in [7, 11) is 0. The molecule has 0 aliphatic rings. The summed E-state index contributed by atoms with van der Waals surface area (Å²) in [4.78, 5) is 21.8. The van der Waals surface area contributed by atoms with Crippen molar-refractivity contribution in [1.82, 2.24) is 0 Å². The Kier molecular flexibility index (Phi) is 4.62. The zero-order valence-corrected chi connectivity index (χ0v) is 8.29. The summed E-state index contributed by atoms with van der Waals surface area (Å²) in [5, 5.41) is 8.93. The van der Waals surface area contributed by atoms with Gasteiger partial charge in [-0.2, -0.15) is 0 Å². The van der Waals surface area contributed by atoms with Crippen LogP contribution in [-0.4, -0.2) is 30.1 Å². The molecule has 4 nitrogen and oxygen atoms in total. The van der Waals surface area contributed by atoms with Gasteiger partial charge in [-0.1, -0.05) is 6.92 Å². The molecule has 76 valence electrons. The minimum absolute atomic E-state index is 0.0501. The van der Waals surface area contributed by atoms with Gasteiger partial charge in [0.15, 0.2) is 0 Å². The van der Waals surface area contributed by atoms with Crippen molar-refractivity contribution in [2.24, 2.45) is 5.41 Å². The molecule has 0 heterocycles. The van der Waals surface area contributed by atoms with E-state index >= 15 is 0 Å². The molecule has 1 N–H and O–H groups in total. The van der Waals surface area contributed by atoms with Gasteiger partial charge in [0.1, 0.15) is 12.4 Å². The van der Waals surface area contributed by atoms with Gasteiger partial charge >= 0.3 is 5.97 Å². The average Bonchev–Trinajstić information content (AvgIpc) is 2.13. The first-order valence-corrected chi connectivity index (χ1v) is 4.24. The normalized spacial score (nSPS) is 14.8. The lowest BCUT2D eigenvalue weighted by molar-refractivity contribution is -0.150. The Morgan fingerprint density at radius 1 is 1.46 bits per heavy atom. The lowest BCUT2D eigenvalue weighted by atomic mass is 9.88. The molecule has 0 aliphatic carbocycles. The molecule has 0 saturated heterocycles. The molecule has 0 unspecified atom stereocenters. The minimum Gasteiger partial charge on any atom is -0.465 e. The second kappa shape index (κ2) is 4.97. The van der Waals surface area contributed by atoms with Crippen LogP contribution in [-0.2, 0) is 14.3 Å². The molecule has 0 saturated carbocycles. The summed E-state index contributed by atoms with van der Waals surface area (Å²) in [5.41, 5.74) is -0.954. The zero-order valence-electron chi connectivity index (χ0n) is 8.29. The largest absolute Gasteiger partial charge is 0.465 e. The van der Waals surface area contributed by atoms with Crippen LogP contribution in [0, 0.1) is 5.41 Å². The van der Waals surface area contributed by atoms with Gasteiger partial charge in [-0.15, -0.1) is 0 Å². The van der Waals surface area contributed by atoms with Crippen LogP contribution in [0.3, 0.4) is 0 Å². The van der Waals surface area contributed by atoms with Crippen LogP contribution < -0.4 is 0 Å². The van der Waals surface area contributed by atoms with Crippen molar-refractivity contribution in [3.63, 3.8) is 0 Å². The van der Waals surface area contributed by atoms with E-state index in [0.29, 0.717) is 0 Å². The molecule has 0 aromatic heterocycles. The molecular weight excluding hydrogens is 172 g/mol. The van der Waals surface area contributed by atoms with E-state index < -0.39 is 5.41 Å². The minimum atomic E-state index is -0.954. The number of aliphatic hydroxyl groups excluding tert-OH is 1. The van der Waals surface area contributed by atoms with Crippen LogP contribution in [0.1, 0.15) is 27.2 Å². The van der Waals surface area contributed by atoms with E-state index in [9.17, 15) is 9.59 Å². The summed E-state index contributed by atoms with van der Waals surface area (Å²) in [5.74, 6) is -0.542. The lowest BCUT2D eigenvalue weighted by Crippen LogP contribution is -2.35. The van der Waals surface area contributed by atoms with Gasteiger partial charge in [-0.05, 0) is 13.8 Å². The van der Waals surface area contributed by atoms with Gasteiger partial charge in [0.2, 0.25) is 0 Å². The van der Waals surface area contributed by atoms with Gasteiger partial charge in [0.05, 0.1) is 12.0 Å². The summed E-state index contributed by atoms with van der Waals surface area (Å²) >= 11 is 0. The van der Waals surface area contributed by atoms with Crippen molar-refractivity contribution in [1.29, 1.82) is 0 Å². The first-order chi connectivity index (χ1) is 5.96. The van der Waals surface area contributed by atoms with E-state index in [1.165, 1.54) is 6.92 Å². The molecule has 1 atom stereocenters. The number of aliphatic hydroxyl groups is 1. The van der Waals surface area contributed by atoms with Gasteiger partial charge < -0.3 is 9.84 Å². The molecule has 0 bridgehead atoms.